The molecule has 0 saturated heterocycles. The van der Waals surface area contributed by atoms with E-state index >= 15 is 0 Å². The molecule has 4 rings (SSSR count). The van der Waals surface area contributed by atoms with Gasteiger partial charge in [0, 0.05) is 23.1 Å². The summed E-state index contributed by atoms with van der Waals surface area (Å²) in [6.07, 6.45) is 0.220. The highest BCUT2D eigenvalue weighted by Gasteiger charge is 2.30. The average molecular weight is 461 g/mol. The average Bonchev–Trinajstić information content (AvgIpc) is 3.38. The molecule has 0 spiro atoms. The zero-order chi connectivity index (χ0) is 22.7. The maximum Gasteiger partial charge on any atom is 0.416 e. The molecule has 12 heteroatoms. The van der Waals surface area contributed by atoms with E-state index in [0.717, 1.165) is 33.8 Å². The molecule has 3 heterocycles. The number of thiophene rings is 1. The normalized spacial score (nSPS) is 11.4. The van der Waals surface area contributed by atoms with Crippen molar-refractivity contribution in [1.82, 2.24) is 15.2 Å². The van der Waals surface area contributed by atoms with Crippen molar-refractivity contribution in [2.45, 2.75) is 19.6 Å². The van der Waals surface area contributed by atoms with Crippen LogP contribution in [0.1, 0.15) is 16.1 Å². The Kier molecular flexibility index (Phi) is 5.86. The Labute approximate surface area is 183 Å². The molecule has 0 radical (unpaired) electrons. The molecule has 1 aromatic carbocycles. The first-order chi connectivity index (χ1) is 15.3. The van der Waals surface area contributed by atoms with Gasteiger partial charge in [-0.25, -0.2) is 14.8 Å². The number of hydrogen-bond donors (Lipinski definition) is 2. The first-order valence-corrected chi connectivity index (χ1v) is 10.1. The van der Waals surface area contributed by atoms with E-state index in [-0.39, 0.29) is 11.6 Å². The van der Waals surface area contributed by atoms with Gasteiger partial charge in [-0.15, -0.1) is 11.3 Å². The highest BCUT2D eigenvalue weighted by Crippen LogP contribution is 2.30. The summed E-state index contributed by atoms with van der Waals surface area (Å²) in [5.74, 6) is 0.0403. The molecule has 0 aliphatic rings. The zero-order valence-corrected chi connectivity index (χ0v) is 17.4. The molecule has 8 nitrogen and oxygen atoms in total. The second-order valence-electron chi connectivity index (χ2n) is 6.75. The molecule has 164 valence electrons. The summed E-state index contributed by atoms with van der Waals surface area (Å²) in [5, 5.41) is 10.6. The number of aryl methyl sites for hydroxylation is 1. The minimum absolute atomic E-state index is 0.00369. The van der Waals surface area contributed by atoms with E-state index in [1.807, 2.05) is 18.4 Å². The van der Waals surface area contributed by atoms with Crippen molar-refractivity contribution in [2.24, 2.45) is 0 Å². The number of nitrogens with zero attached hydrogens (tertiary/aromatic N) is 4. The molecule has 0 bridgehead atoms. The molecule has 2 amide bonds. The van der Waals surface area contributed by atoms with Crippen LogP contribution in [-0.2, 0) is 12.7 Å². The molecular weight excluding hydrogens is 445 g/mol. The number of alkyl halides is 3. The maximum atomic E-state index is 12.8. The van der Waals surface area contributed by atoms with Gasteiger partial charge in [-0.05, 0) is 46.8 Å². The first-order valence-electron chi connectivity index (χ1n) is 9.24. The summed E-state index contributed by atoms with van der Waals surface area (Å²) in [4.78, 5) is 21.3. The smallest absolute Gasteiger partial charge is 0.308 e. The Balaban J connectivity index is 1.37. The number of hydrogen-bond acceptors (Lipinski definition) is 6. The van der Waals surface area contributed by atoms with E-state index in [1.165, 1.54) is 40.7 Å². The number of amides is 2. The Hall–Kier alpha value is -3.80. The fraction of sp³-hybridized carbons (Fsp3) is 0.150. The third-order valence-corrected chi connectivity index (χ3v) is 5.31. The van der Waals surface area contributed by atoms with E-state index in [1.54, 1.807) is 6.20 Å². The number of benzene rings is 1. The van der Waals surface area contributed by atoms with Crippen LogP contribution in [-0.4, -0.2) is 21.3 Å². The molecule has 32 heavy (non-hydrogen) atoms. The Morgan fingerprint density at radius 1 is 1.25 bits per heavy atom. The van der Waals surface area contributed by atoms with Crippen molar-refractivity contribution in [3.05, 3.63) is 70.6 Å². The fourth-order valence-corrected chi connectivity index (χ4v) is 3.77. The lowest BCUT2D eigenvalue weighted by atomic mass is 10.1. The minimum atomic E-state index is -4.50. The van der Waals surface area contributed by atoms with Crippen molar-refractivity contribution < 1.29 is 27.2 Å². The summed E-state index contributed by atoms with van der Waals surface area (Å²) < 4.78 is 44.9. The van der Waals surface area contributed by atoms with Crippen LogP contribution in [0, 0.1) is 6.92 Å². The second-order valence-corrected chi connectivity index (χ2v) is 7.74. The Morgan fingerprint density at radius 3 is 2.88 bits per heavy atom. The molecule has 0 aliphatic heterocycles. The van der Waals surface area contributed by atoms with Gasteiger partial charge in [-0.3, -0.25) is 9.84 Å². The Bertz CT molecular complexity index is 1250. The molecule has 2 N–H and O–H groups in total. The van der Waals surface area contributed by atoms with Crippen LogP contribution in [0.15, 0.2) is 59.0 Å². The number of rotatable bonds is 5. The minimum Gasteiger partial charge on any atom is -0.308 e. The van der Waals surface area contributed by atoms with Gasteiger partial charge in [-0.2, -0.15) is 13.2 Å². The maximum absolute atomic E-state index is 12.8. The molecular formula is C20H16F3N6O2S+. The largest absolute Gasteiger partial charge is 0.416 e. The van der Waals surface area contributed by atoms with Crippen molar-refractivity contribution >= 4 is 28.9 Å². The number of aromatic nitrogens is 4. The number of carbonyl (C=O) groups is 1. The van der Waals surface area contributed by atoms with Crippen LogP contribution in [0.3, 0.4) is 0 Å². The van der Waals surface area contributed by atoms with E-state index in [4.69, 9.17) is 4.52 Å². The molecule has 0 fully saturated rings. The van der Waals surface area contributed by atoms with Gasteiger partial charge in [0.05, 0.1) is 10.4 Å². The zero-order valence-electron chi connectivity index (χ0n) is 16.6. The van der Waals surface area contributed by atoms with Crippen LogP contribution in [0.2, 0.25) is 0 Å². The van der Waals surface area contributed by atoms with Gasteiger partial charge in [0.25, 0.3) is 6.20 Å². The summed E-state index contributed by atoms with van der Waals surface area (Å²) in [6.45, 7) is 2.31. The monoisotopic (exact) mass is 461 g/mol. The van der Waals surface area contributed by atoms with Crippen LogP contribution >= 0.6 is 11.3 Å². The van der Waals surface area contributed by atoms with E-state index in [9.17, 15) is 18.0 Å². The summed E-state index contributed by atoms with van der Waals surface area (Å²) in [6, 6.07) is 5.55. The topological polar surface area (TPSA) is 96.8 Å². The molecule has 4 aromatic rings. The fourth-order valence-electron chi connectivity index (χ4n) is 2.89. The highest BCUT2D eigenvalue weighted by molar-refractivity contribution is 7.10. The SMILES string of the molecule is Cc1ncncc1-c1csc(C[n+]2cc(NC(=O)Nc3cccc(C(F)(F)F)c3)on2)c1. The predicted octanol–water partition coefficient (Wildman–Crippen LogP) is 4.50. The molecule has 0 saturated carbocycles. The van der Waals surface area contributed by atoms with Crippen molar-refractivity contribution in [1.29, 1.82) is 0 Å². The van der Waals surface area contributed by atoms with Gasteiger partial charge in [0.2, 0.25) is 11.8 Å². The van der Waals surface area contributed by atoms with Gasteiger partial charge in [0.1, 0.15) is 6.33 Å². The Morgan fingerprint density at radius 2 is 2.09 bits per heavy atom. The number of nitrogens with one attached hydrogen (secondary N) is 2. The molecule has 3 aromatic heterocycles. The number of anilines is 2. The molecule has 0 aliphatic carbocycles. The first kappa shape index (κ1) is 21.4. The number of urea groups is 1. The van der Waals surface area contributed by atoms with Gasteiger partial charge in [-0.1, -0.05) is 6.07 Å². The van der Waals surface area contributed by atoms with E-state index in [2.05, 4.69) is 25.9 Å². The quantitative estimate of drug-likeness (QED) is 0.427. The summed E-state index contributed by atoms with van der Waals surface area (Å²) in [7, 11) is 0. The van der Waals surface area contributed by atoms with E-state index in [0.29, 0.717) is 6.54 Å². The van der Waals surface area contributed by atoms with Gasteiger partial charge >= 0.3 is 18.1 Å². The van der Waals surface area contributed by atoms with Gasteiger partial charge in [0.15, 0.2) is 0 Å². The predicted molar refractivity (Wildman–Crippen MR) is 110 cm³/mol. The van der Waals surface area contributed by atoms with Crippen LogP contribution in [0.25, 0.3) is 11.1 Å². The van der Waals surface area contributed by atoms with E-state index < -0.39 is 17.8 Å². The van der Waals surface area contributed by atoms with Crippen molar-refractivity contribution in [3.63, 3.8) is 0 Å². The second kappa shape index (κ2) is 8.75. The molecule has 0 atom stereocenters. The third kappa shape index (κ3) is 5.09. The van der Waals surface area contributed by atoms with Crippen LogP contribution in [0.4, 0.5) is 29.5 Å². The van der Waals surface area contributed by atoms with Crippen molar-refractivity contribution in [2.75, 3.05) is 10.6 Å². The number of carbonyl (C=O) groups excluding carboxylic acids is 1. The molecule has 0 unspecified atom stereocenters. The lowest BCUT2D eigenvalue weighted by Gasteiger charge is -2.09. The van der Waals surface area contributed by atoms with Crippen LogP contribution < -0.4 is 15.3 Å². The van der Waals surface area contributed by atoms with Crippen LogP contribution in [0.5, 0.6) is 0 Å². The summed E-state index contributed by atoms with van der Waals surface area (Å²) >= 11 is 1.53. The lowest BCUT2D eigenvalue weighted by Crippen LogP contribution is -2.34. The highest BCUT2D eigenvalue weighted by atomic mass is 32.1. The lowest BCUT2D eigenvalue weighted by molar-refractivity contribution is -0.754. The third-order valence-electron chi connectivity index (χ3n) is 4.39. The summed E-state index contributed by atoms with van der Waals surface area (Å²) in [5.41, 5.74) is 1.94. The van der Waals surface area contributed by atoms with Gasteiger partial charge < -0.3 is 5.32 Å². The number of halogens is 3. The van der Waals surface area contributed by atoms with Crippen molar-refractivity contribution in [3.8, 4) is 11.1 Å². The standard InChI is InChI=1S/C20H15F3N6O2S/c1-12-17(7-24-11-25-12)13-5-16(32-10-13)8-29-9-18(31-28-29)27-19(30)26-15-4-2-3-14(6-15)20(21,22)23/h2-7,9-11H,8H2,1H3,(H-,26,27,28,30)/p+1.